The number of likely N-dealkylation sites (tertiary alicyclic amines) is 2. The summed E-state index contributed by atoms with van der Waals surface area (Å²) in [5.41, 5.74) is 0. The predicted octanol–water partition coefficient (Wildman–Crippen LogP) is 0.310. The molecule has 114 valence electrons. The SMILES string of the molecule is CNC(=O)[C@@H]1C[C@H]2CN(Cc3nccs3)C[C@H]2N1C(C)=O. The molecule has 0 aliphatic carbocycles. The van der Waals surface area contributed by atoms with E-state index in [1.54, 1.807) is 30.2 Å². The van der Waals surface area contributed by atoms with E-state index in [-0.39, 0.29) is 23.9 Å². The first-order valence-corrected chi connectivity index (χ1v) is 8.09. The smallest absolute Gasteiger partial charge is 0.242 e. The van der Waals surface area contributed by atoms with E-state index in [2.05, 4.69) is 15.2 Å². The van der Waals surface area contributed by atoms with Gasteiger partial charge in [0.05, 0.1) is 6.54 Å². The first-order valence-electron chi connectivity index (χ1n) is 7.21. The lowest BCUT2D eigenvalue weighted by Crippen LogP contribution is -2.49. The van der Waals surface area contributed by atoms with E-state index in [4.69, 9.17) is 0 Å². The molecule has 0 saturated carbocycles. The van der Waals surface area contributed by atoms with Gasteiger partial charge in [0.1, 0.15) is 11.0 Å². The molecule has 1 N–H and O–H groups in total. The monoisotopic (exact) mass is 308 g/mol. The molecule has 0 bridgehead atoms. The molecule has 2 saturated heterocycles. The average Bonchev–Trinajstić information content (AvgIpc) is 3.12. The third kappa shape index (κ3) is 2.67. The molecule has 7 heteroatoms. The molecule has 2 fully saturated rings. The van der Waals surface area contributed by atoms with Gasteiger partial charge >= 0.3 is 0 Å². The number of hydrogen-bond donors (Lipinski definition) is 1. The lowest BCUT2D eigenvalue weighted by atomic mass is 10.0. The van der Waals surface area contributed by atoms with E-state index in [9.17, 15) is 9.59 Å². The Bertz CT molecular complexity index is 533. The second-order valence-corrected chi connectivity index (χ2v) is 6.72. The van der Waals surface area contributed by atoms with Crippen molar-refractivity contribution in [1.29, 1.82) is 0 Å². The minimum atomic E-state index is -0.301. The molecule has 3 atom stereocenters. The fraction of sp³-hybridized carbons (Fsp3) is 0.643. The Balaban J connectivity index is 1.70. The number of aromatic nitrogens is 1. The molecule has 0 unspecified atom stereocenters. The Morgan fingerprint density at radius 2 is 2.29 bits per heavy atom. The fourth-order valence-electron chi connectivity index (χ4n) is 3.62. The van der Waals surface area contributed by atoms with Gasteiger partial charge in [0.15, 0.2) is 0 Å². The van der Waals surface area contributed by atoms with Gasteiger partial charge in [0.2, 0.25) is 11.8 Å². The second kappa shape index (κ2) is 5.73. The van der Waals surface area contributed by atoms with Gasteiger partial charge in [-0.3, -0.25) is 14.5 Å². The molecule has 2 aliphatic heterocycles. The maximum absolute atomic E-state index is 12.0. The number of carbonyl (C=O) groups excluding carboxylic acids is 2. The zero-order chi connectivity index (χ0) is 15.0. The van der Waals surface area contributed by atoms with Crippen molar-refractivity contribution in [3.05, 3.63) is 16.6 Å². The summed E-state index contributed by atoms with van der Waals surface area (Å²) in [5.74, 6) is 0.328. The van der Waals surface area contributed by atoms with Crippen LogP contribution < -0.4 is 5.32 Å². The van der Waals surface area contributed by atoms with Gasteiger partial charge in [-0.1, -0.05) is 0 Å². The molecule has 1 aromatic heterocycles. The van der Waals surface area contributed by atoms with Crippen LogP contribution in [-0.4, -0.2) is 58.8 Å². The standard InChI is InChI=1S/C14H20N4O2S/c1-9(19)18-11(14(20)15-2)5-10-6-17(7-12(10)18)8-13-16-3-4-21-13/h3-4,10-12H,5-8H2,1-2H3,(H,15,20)/t10-,11-,12+/m0/s1. The largest absolute Gasteiger partial charge is 0.357 e. The van der Waals surface area contributed by atoms with E-state index in [1.165, 1.54) is 0 Å². The van der Waals surface area contributed by atoms with E-state index in [1.807, 2.05) is 11.6 Å². The third-order valence-electron chi connectivity index (χ3n) is 4.46. The summed E-state index contributed by atoms with van der Waals surface area (Å²) in [6, 6.07) is -0.144. The van der Waals surface area contributed by atoms with Crippen LogP contribution in [0.1, 0.15) is 18.4 Å². The van der Waals surface area contributed by atoms with Crippen molar-refractivity contribution < 1.29 is 9.59 Å². The molecule has 0 spiro atoms. The van der Waals surface area contributed by atoms with Gasteiger partial charge in [-0.15, -0.1) is 11.3 Å². The number of rotatable bonds is 3. The minimum Gasteiger partial charge on any atom is -0.357 e. The van der Waals surface area contributed by atoms with Crippen LogP contribution in [0.4, 0.5) is 0 Å². The van der Waals surface area contributed by atoms with Crippen molar-refractivity contribution >= 4 is 23.2 Å². The van der Waals surface area contributed by atoms with Crippen molar-refractivity contribution in [2.45, 2.75) is 32.0 Å². The lowest BCUT2D eigenvalue weighted by molar-refractivity contribution is -0.138. The van der Waals surface area contributed by atoms with Crippen LogP contribution in [0, 0.1) is 5.92 Å². The second-order valence-electron chi connectivity index (χ2n) is 5.74. The maximum atomic E-state index is 12.0. The number of fused-ring (bicyclic) bond motifs is 1. The van der Waals surface area contributed by atoms with Gasteiger partial charge in [0.25, 0.3) is 0 Å². The van der Waals surface area contributed by atoms with Gasteiger partial charge in [0, 0.05) is 44.7 Å². The number of thiazole rings is 1. The van der Waals surface area contributed by atoms with E-state index < -0.39 is 0 Å². The molecule has 1 aromatic rings. The predicted molar refractivity (Wildman–Crippen MR) is 79.7 cm³/mol. The van der Waals surface area contributed by atoms with Crippen molar-refractivity contribution in [2.75, 3.05) is 20.1 Å². The van der Waals surface area contributed by atoms with Crippen molar-refractivity contribution in [3.8, 4) is 0 Å². The maximum Gasteiger partial charge on any atom is 0.242 e. The van der Waals surface area contributed by atoms with Crippen LogP contribution in [0.3, 0.4) is 0 Å². The van der Waals surface area contributed by atoms with E-state index >= 15 is 0 Å². The van der Waals surface area contributed by atoms with Gasteiger partial charge in [-0.25, -0.2) is 4.98 Å². The number of likely N-dealkylation sites (N-methyl/N-ethyl adjacent to an activating group) is 1. The Kier molecular flexibility index (Phi) is 3.95. The summed E-state index contributed by atoms with van der Waals surface area (Å²) in [6.45, 7) is 4.15. The molecular weight excluding hydrogens is 288 g/mol. The Hall–Kier alpha value is -1.47. The highest BCUT2D eigenvalue weighted by Gasteiger charge is 2.49. The van der Waals surface area contributed by atoms with Crippen LogP contribution in [0.15, 0.2) is 11.6 Å². The Morgan fingerprint density at radius 1 is 1.48 bits per heavy atom. The molecule has 3 heterocycles. The zero-order valence-electron chi connectivity index (χ0n) is 12.3. The minimum absolute atomic E-state index is 0.00722. The number of nitrogens with zero attached hydrogens (tertiary/aromatic N) is 3. The first-order chi connectivity index (χ1) is 10.1. The summed E-state index contributed by atoms with van der Waals surface area (Å²) in [5, 5.41) is 5.76. The molecule has 6 nitrogen and oxygen atoms in total. The van der Waals surface area contributed by atoms with E-state index in [0.29, 0.717) is 5.92 Å². The van der Waals surface area contributed by atoms with Gasteiger partial charge in [-0.2, -0.15) is 0 Å². The normalized spacial score (nSPS) is 28.7. The lowest BCUT2D eigenvalue weighted by Gasteiger charge is -2.28. The third-order valence-corrected chi connectivity index (χ3v) is 5.22. The summed E-state index contributed by atoms with van der Waals surface area (Å²) >= 11 is 1.66. The summed E-state index contributed by atoms with van der Waals surface area (Å²) < 4.78 is 0. The highest BCUT2D eigenvalue weighted by Crippen LogP contribution is 2.36. The quantitative estimate of drug-likeness (QED) is 0.873. The topological polar surface area (TPSA) is 65.5 Å². The molecular formula is C14H20N4O2S. The van der Waals surface area contributed by atoms with Crippen molar-refractivity contribution in [1.82, 2.24) is 20.1 Å². The zero-order valence-corrected chi connectivity index (χ0v) is 13.1. The Morgan fingerprint density at radius 3 is 2.90 bits per heavy atom. The number of nitrogens with one attached hydrogen (secondary N) is 1. The number of amides is 2. The number of carbonyl (C=O) groups is 2. The summed E-state index contributed by atoms with van der Waals surface area (Å²) in [7, 11) is 1.63. The Labute approximate surface area is 128 Å². The highest BCUT2D eigenvalue weighted by molar-refractivity contribution is 7.09. The van der Waals surface area contributed by atoms with Crippen LogP contribution in [0.25, 0.3) is 0 Å². The van der Waals surface area contributed by atoms with Gasteiger partial charge in [-0.05, 0) is 12.3 Å². The summed E-state index contributed by atoms with van der Waals surface area (Å²) in [4.78, 5) is 32.4. The van der Waals surface area contributed by atoms with Crippen LogP contribution in [-0.2, 0) is 16.1 Å². The molecule has 2 aliphatic rings. The van der Waals surface area contributed by atoms with E-state index in [0.717, 1.165) is 31.1 Å². The highest BCUT2D eigenvalue weighted by atomic mass is 32.1. The van der Waals surface area contributed by atoms with Crippen LogP contribution in [0.5, 0.6) is 0 Å². The molecule has 0 radical (unpaired) electrons. The molecule has 0 aromatic carbocycles. The number of hydrogen-bond acceptors (Lipinski definition) is 5. The van der Waals surface area contributed by atoms with Crippen molar-refractivity contribution in [2.24, 2.45) is 5.92 Å². The average molecular weight is 308 g/mol. The van der Waals surface area contributed by atoms with Crippen LogP contribution in [0.2, 0.25) is 0 Å². The molecule has 2 amide bonds. The molecule has 21 heavy (non-hydrogen) atoms. The summed E-state index contributed by atoms with van der Waals surface area (Å²) in [6.07, 6.45) is 2.58. The van der Waals surface area contributed by atoms with Crippen LogP contribution >= 0.6 is 11.3 Å². The van der Waals surface area contributed by atoms with Crippen molar-refractivity contribution in [3.63, 3.8) is 0 Å². The van der Waals surface area contributed by atoms with Gasteiger partial charge < -0.3 is 10.2 Å². The molecule has 3 rings (SSSR count). The first kappa shape index (κ1) is 14.5. The fourth-order valence-corrected chi connectivity index (χ4v) is 4.28.